The first kappa shape index (κ1) is 24.6. The van der Waals surface area contributed by atoms with Gasteiger partial charge in [0.25, 0.3) is 0 Å². The van der Waals surface area contributed by atoms with Crippen LogP contribution in [0.4, 0.5) is 0 Å². The van der Waals surface area contributed by atoms with Gasteiger partial charge in [0.05, 0.1) is 6.61 Å². The molecular formula is C30H26N2O4S. The predicted octanol–water partition coefficient (Wildman–Crippen LogP) is 6.67. The maximum atomic E-state index is 13.5. The summed E-state index contributed by atoms with van der Waals surface area (Å²) in [5.74, 6) is -0.618. The van der Waals surface area contributed by atoms with E-state index in [4.69, 9.17) is 4.74 Å². The van der Waals surface area contributed by atoms with Crippen LogP contribution in [0.3, 0.4) is 0 Å². The molecular weight excluding hydrogens is 484 g/mol. The summed E-state index contributed by atoms with van der Waals surface area (Å²) >= 11 is 1.18. The number of aromatic nitrogens is 1. The highest BCUT2D eigenvalue weighted by atomic mass is 32.2. The zero-order valence-electron chi connectivity index (χ0n) is 20.4. The van der Waals surface area contributed by atoms with Crippen LogP contribution in [0.15, 0.2) is 108 Å². The second-order valence-corrected chi connectivity index (χ2v) is 10.2. The molecule has 6 nitrogen and oxygen atoms in total. The number of esters is 1. The summed E-state index contributed by atoms with van der Waals surface area (Å²) in [7, 11) is 0. The molecule has 0 amide bonds. The highest BCUT2D eigenvalue weighted by Gasteiger charge is 2.48. The lowest BCUT2D eigenvalue weighted by Crippen LogP contribution is -2.41. The summed E-state index contributed by atoms with van der Waals surface area (Å²) in [5.41, 5.74) is 2.71. The highest BCUT2D eigenvalue weighted by molar-refractivity contribution is 8.01. The Kier molecular flexibility index (Phi) is 6.97. The number of benzene rings is 4. The van der Waals surface area contributed by atoms with Gasteiger partial charge in [-0.1, -0.05) is 78.5 Å². The molecule has 0 saturated heterocycles. The molecule has 1 atom stereocenters. The maximum absolute atomic E-state index is 13.5. The lowest BCUT2D eigenvalue weighted by atomic mass is 9.96. The van der Waals surface area contributed by atoms with Crippen molar-refractivity contribution < 1.29 is 14.5 Å². The first-order valence-corrected chi connectivity index (χ1v) is 12.9. The number of ether oxygens (including phenoxy) is 1. The topological polar surface area (TPSA) is 74.4 Å². The second kappa shape index (κ2) is 10.5. The fourth-order valence-corrected chi connectivity index (χ4v) is 5.92. The molecule has 0 saturated carbocycles. The molecule has 0 fully saturated rings. The van der Waals surface area contributed by atoms with Crippen LogP contribution in [0.5, 0.6) is 0 Å². The van der Waals surface area contributed by atoms with E-state index < -0.39 is 22.2 Å². The minimum absolute atomic E-state index is 0.131. The van der Waals surface area contributed by atoms with E-state index in [2.05, 4.69) is 16.7 Å². The molecule has 0 N–H and O–H groups in total. The summed E-state index contributed by atoms with van der Waals surface area (Å²) in [4.78, 5) is 25.8. The standard InChI is InChI=1S/C30H26N2O4S/c1-2-36-29(33)30(21-32(34)35,37-27-14-12-23-10-6-7-11-24(23)19-27)26-13-15-28-25(18-26)16-17-31(28)20-22-8-4-3-5-9-22/h3-19H,2,20-21H2,1H3/t30-/m1/s1. The first-order valence-electron chi connectivity index (χ1n) is 12.1. The average Bonchev–Trinajstić information content (AvgIpc) is 3.30. The Morgan fingerprint density at radius 3 is 2.43 bits per heavy atom. The molecule has 0 aliphatic rings. The van der Waals surface area contributed by atoms with Crippen LogP contribution in [-0.2, 0) is 20.8 Å². The van der Waals surface area contributed by atoms with Crippen LogP contribution < -0.4 is 0 Å². The van der Waals surface area contributed by atoms with Gasteiger partial charge in [-0.05, 0) is 64.5 Å². The van der Waals surface area contributed by atoms with E-state index in [9.17, 15) is 14.9 Å². The number of hydrogen-bond acceptors (Lipinski definition) is 5. The van der Waals surface area contributed by atoms with Crippen molar-refractivity contribution in [1.29, 1.82) is 0 Å². The third-order valence-corrected chi connectivity index (χ3v) is 7.77. The molecule has 1 aromatic heterocycles. The van der Waals surface area contributed by atoms with E-state index in [0.717, 1.165) is 26.6 Å². The molecule has 37 heavy (non-hydrogen) atoms. The first-order chi connectivity index (χ1) is 18.0. The van der Waals surface area contributed by atoms with Gasteiger partial charge in [0.2, 0.25) is 11.3 Å². The Labute approximate surface area is 219 Å². The molecule has 4 aromatic carbocycles. The molecule has 0 unspecified atom stereocenters. The smallest absolute Gasteiger partial charge is 0.334 e. The van der Waals surface area contributed by atoms with Gasteiger partial charge in [-0.25, -0.2) is 4.79 Å². The fourth-order valence-electron chi connectivity index (χ4n) is 4.64. The number of hydrogen-bond donors (Lipinski definition) is 0. The van der Waals surface area contributed by atoms with Crippen molar-refractivity contribution in [3.05, 3.63) is 124 Å². The van der Waals surface area contributed by atoms with Gasteiger partial charge in [-0.3, -0.25) is 10.1 Å². The van der Waals surface area contributed by atoms with Crippen LogP contribution in [0.25, 0.3) is 21.7 Å². The summed E-state index contributed by atoms with van der Waals surface area (Å²) in [6.45, 7) is 1.95. The Morgan fingerprint density at radius 1 is 0.919 bits per heavy atom. The Hall–Kier alpha value is -4.10. The molecule has 0 spiro atoms. The number of nitrogens with zero attached hydrogens (tertiary/aromatic N) is 2. The normalized spacial score (nSPS) is 12.9. The van der Waals surface area contributed by atoms with Crippen LogP contribution in [0.1, 0.15) is 18.1 Å². The maximum Gasteiger partial charge on any atom is 0.334 e. The van der Waals surface area contributed by atoms with Gasteiger partial charge in [-0.15, -0.1) is 0 Å². The zero-order chi connectivity index (χ0) is 25.8. The van der Waals surface area contributed by atoms with Crippen molar-refractivity contribution in [3.63, 3.8) is 0 Å². The Balaban J connectivity index is 1.59. The number of carbonyl (C=O) groups excluding carboxylic acids is 1. The lowest BCUT2D eigenvalue weighted by Gasteiger charge is -2.28. The van der Waals surface area contributed by atoms with E-state index in [1.807, 2.05) is 91.1 Å². The van der Waals surface area contributed by atoms with Gasteiger partial charge < -0.3 is 9.30 Å². The third-order valence-electron chi connectivity index (χ3n) is 6.40. The van der Waals surface area contributed by atoms with Gasteiger partial charge in [0.15, 0.2) is 0 Å². The van der Waals surface area contributed by atoms with Crippen molar-refractivity contribution in [3.8, 4) is 0 Å². The number of rotatable bonds is 9. The monoisotopic (exact) mass is 510 g/mol. The third kappa shape index (κ3) is 5.08. The number of nitro groups is 1. The van der Waals surface area contributed by atoms with Crippen LogP contribution in [0, 0.1) is 10.1 Å². The molecule has 5 aromatic rings. The SMILES string of the molecule is CCOC(=O)[C@](C[N+](=O)[O-])(Sc1ccc2ccccc2c1)c1ccc2c(ccn2Cc2ccccc2)c1. The lowest BCUT2D eigenvalue weighted by molar-refractivity contribution is -0.484. The van der Waals surface area contributed by atoms with Crippen molar-refractivity contribution in [2.45, 2.75) is 23.1 Å². The molecule has 0 aliphatic carbocycles. The van der Waals surface area contributed by atoms with Crippen molar-refractivity contribution in [1.82, 2.24) is 4.57 Å². The van der Waals surface area contributed by atoms with E-state index in [-0.39, 0.29) is 6.61 Å². The van der Waals surface area contributed by atoms with E-state index >= 15 is 0 Å². The van der Waals surface area contributed by atoms with E-state index in [1.54, 1.807) is 6.92 Å². The van der Waals surface area contributed by atoms with Gasteiger partial charge in [-0.2, -0.15) is 0 Å². The predicted molar refractivity (Wildman–Crippen MR) is 147 cm³/mol. The fraction of sp³-hybridized carbons (Fsp3) is 0.167. The summed E-state index contributed by atoms with van der Waals surface area (Å²) < 4.78 is 6.03. The molecule has 0 radical (unpaired) electrons. The van der Waals surface area contributed by atoms with Crippen LogP contribution in [0.2, 0.25) is 0 Å². The summed E-state index contributed by atoms with van der Waals surface area (Å²) in [5, 5.41) is 14.9. The summed E-state index contributed by atoms with van der Waals surface area (Å²) in [6, 6.07) is 31.5. The van der Waals surface area contributed by atoms with Crippen LogP contribution >= 0.6 is 11.8 Å². The minimum Gasteiger partial charge on any atom is -0.464 e. The quantitative estimate of drug-likeness (QED) is 0.0958. The van der Waals surface area contributed by atoms with Gasteiger partial charge in [0.1, 0.15) is 0 Å². The average molecular weight is 511 g/mol. The zero-order valence-corrected chi connectivity index (χ0v) is 21.2. The molecule has 7 heteroatoms. The Morgan fingerprint density at radius 2 is 1.68 bits per heavy atom. The van der Waals surface area contributed by atoms with Crippen molar-refractivity contribution in [2.75, 3.05) is 13.2 Å². The highest BCUT2D eigenvalue weighted by Crippen LogP contribution is 2.44. The second-order valence-electron chi connectivity index (χ2n) is 8.85. The largest absolute Gasteiger partial charge is 0.464 e. The minimum atomic E-state index is -1.54. The number of carbonyl (C=O) groups is 1. The molecule has 1 heterocycles. The Bertz CT molecular complexity index is 1580. The van der Waals surface area contributed by atoms with Crippen LogP contribution in [-0.4, -0.2) is 28.6 Å². The summed E-state index contributed by atoms with van der Waals surface area (Å²) in [6.07, 6.45) is 2.00. The number of fused-ring (bicyclic) bond motifs is 2. The van der Waals surface area contributed by atoms with E-state index in [0.29, 0.717) is 12.1 Å². The molecule has 5 rings (SSSR count). The van der Waals surface area contributed by atoms with Crippen molar-refractivity contribution >= 4 is 39.4 Å². The molecule has 186 valence electrons. The van der Waals surface area contributed by atoms with Gasteiger partial charge in [0, 0.05) is 28.1 Å². The molecule has 0 bridgehead atoms. The van der Waals surface area contributed by atoms with Gasteiger partial charge >= 0.3 is 5.97 Å². The van der Waals surface area contributed by atoms with E-state index in [1.165, 1.54) is 17.3 Å². The number of thioether (sulfide) groups is 1. The van der Waals surface area contributed by atoms with Crippen molar-refractivity contribution in [2.24, 2.45) is 0 Å². The molecule has 0 aliphatic heterocycles.